The van der Waals surface area contributed by atoms with Gasteiger partial charge in [-0.1, -0.05) is 23.2 Å². The highest BCUT2D eigenvalue weighted by Crippen LogP contribution is 2.31. The van der Waals surface area contributed by atoms with Gasteiger partial charge in [0.2, 0.25) is 11.7 Å². The van der Waals surface area contributed by atoms with Crippen molar-refractivity contribution in [2.45, 2.75) is 6.61 Å². The molecule has 1 aromatic rings. The van der Waals surface area contributed by atoms with Crippen LogP contribution in [0, 0.1) is 0 Å². The first-order chi connectivity index (χ1) is 6.00. The lowest BCUT2D eigenvalue weighted by molar-refractivity contribution is -0.0501. The smallest absolute Gasteiger partial charge is 0.387 e. The first-order valence-corrected chi connectivity index (χ1v) is 3.69. The molecule has 1 rings (SSSR count). The molecule has 13 heavy (non-hydrogen) atoms. The lowest BCUT2D eigenvalue weighted by Crippen LogP contribution is -2.06. The van der Waals surface area contributed by atoms with Crippen LogP contribution in [-0.4, -0.2) is 16.6 Å². The van der Waals surface area contributed by atoms with E-state index in [4.69, 9.17) is 28.9 Å². The summed E-state index contributed by atoms with van der Waals surface area (Å²) in [5, 5.41) is -0.699. The number of halogens is 4. The number of ether oxygens (including phenoxy) is 1. The summed E-state index contributed by atoms with van der Waals surface area (Å²) in [6.07, 6.45) is 0. The monoisotopic (exact) mass is 229 g/mol. The van der Waals surface area contributed by atoms with Crippen molar-refractivity contribution in [1.82, 2.24) is 9.97 Å². The lowest BCUT2D eigenvalue weighted by Gasteiger charge is -2.06. The van der Waals surface area contributed by atoms with Crippen molar-refractivity contribution >= 4 is 29.2 Å². The summed E-state index contributed by atoms with van der Waals surface area (Å²) in [4.78, 5) is 6.75. The molecule has 0 radical (unpaired) electrons. The summed E-state index contributed by atoms with van der Waals surface area (Å²) < 4.78 is 27.5. The zero-order chi connectivity index (χ0) is 10.0. The highest BCUT2D eigenvalue weighted by Gasteiger charge is 2.15. The molecule has 0 aliphatic heterocycles. The first-order valence-electron chi connectivity index (χ1n) is 2.94. The van der Waals surface area contributed by atoms with Crippen LogP contribution >= 0.6 is 23.2 Å². The summed E-state index contributed by atoms with van der Waals surface area (Å²) in [6.45, 7) is -3.04. The molecule has 0 spiro atoms. The van der Waals surface area contributed by atoms with Crippen LogP contribution in [0.3, 0.4) is 0 Å². The second-order valence-electron chi connectivity index (χ2n) is 1.87. The Hall–Kier alpha value is -0.880. The van der Waals surface area contributed by atoms with E-state index >= 15 is 0 Å². The molecule has 72 valence electrons. The number of nitrogens with zero attached hydrogens (tertiary/aromatic N) is 2. The number of aromatic nitrogens is 2. The summed E-state index contributed by atoms with van der Waals surface area (Å²) in [5.74, 6) is -0.691. The predicted molar refractivity (Wildman–Crippen MR) is 43.1 cm³/mol. The molecule has 0 bridgehead atoms. The molecule has 0 saturated carbocycles. The number of hydrogen-bond donors (Lipinski definition) is 1. The topological polar surface area (TPSA) is 61.0 Å². The SMILES string of the molecule is Nc1nc(Cl)c(OC(F)F)c(Cl)n1. The minimum Gasteiger partial charge on any atom is -0.428 e. The van der Waals surface area contributed by atoms with Crippen molar-refractivity contribution in [2.24, 2.45) is 0 Å². The van der Waals surface area contributed by atoms with Crippen LogP contribution in [0.4, 0.5) is 14.7 Å². The second-order valence-corrected chi connectivity index (χ2v) is 2.59. The van der Waals surface area contributed by atoms with Gasteiger partial charge in [-0.15, -0.1) is 0 Å². The fourth-order valence-corrected chi connectivity index (χ4v) is 1.09. The zero-order valence-electron chi connectivity index (χ0n) is 5.97. The Morgan fingerprint density at radius 2 is 1.69 bits per heavy atom. The van der Waals surface area contributed by atoms with Crippen molar-refractivity contribution in [3.05, 3.63) is 10.3 Å². The Labute approximate surface area is 81.6 Å². The number of anilines is 1. The minimum absolute atomic E-state index is 0.211. The number of nitrogen functional groups attached to an aromatic ring is 1. The maximum absolute atomic E-state index is 11.8. The molecule has 0 saturated heterocycles. The Morgan fingerprint density at radius 3 is 2.08 bits per heavy atom. The van der Waals surface area contributed by atoms with E-state index in [-0.39, 0.29) is 16.3 Å². The van der Waals surface area contributed by atoms with Crippen molar-refractivity contribution in [3.8, 4) is 5.75 Å². The Morgan fingerprint density at radius 1 is 1.23 bits per heavy atom. The van der Waals surface area contributed by atoms with E-state index in [1.807, 2.05) is 0 Å². The van der Waals surface area contributed by atoms with E-state index in [1.165, 1.54) is 0 Å². The molecule has 2 N–H and O–H groups in total. The van der Waals surface area contributed by atoms with E-state index in [2.05, 4.69) is 14.7 Å². The average molecular weight is 230 g/mol. The van der Waals surface area contributed by atoms with Crippen LogP contribution in [-0.2, 0) is 0 Å². The lowest BCUT2D eigenvalue weighted by atomic mass is 10.6. The van der Waals surface area contributed by atoms with Gasteiger partial charge in [0, 0.05) is 0 Å². The highest BCUT2D eigenvalue weighted by atomic mass is 35.5. The van der Waals surface area contributed by atoms with Gasteiger partial charge in [0.05, 0.1) is 0 Å². The third-order valence-electron chi connectivity index (χ3n) is 1.01. The molecule has 0 aliphatic carbocycles. The van der Waals surface area contributed by atoms with Gasteiger partial charge in [-0.3, -0.25) is 0 Å². The van der Waals surface area contributed by atoms with Gasteiger partial charge in [-0.2, -0.15) is 18.7 Å². The van der Waals surface area contributed by atoms with Crippen molar-refractivity contribution in [2.75, 3.05) is 5.73 Å². The first kappa shape index (κ1) is 10.2. The maximum Gasteiger partial charge on any atom is 0.387 e. The van der Waals surface area contributed by atoms with E-state index in [9.17, 15) is 8.78 Å². The molecule has 1 heterocycles. The van der Waals surface area contributed by atoms with Crippen molar-refractivity contribution in [1.29, 1.82) is 0 Å². The quantitative estimate of drug-likeness (QED) is 0.789. The fourth-order valence-electron chi connectivity index (χ4n) is 0.599. The van der Waals surface area contributed by atoms with E-state index in [1.54, 1.807) is 0 Å². The van der Waals surface area contributed by atoms with Crippen LogP contribution in [0.25, 0.3) is 0 Å². The molecule has 0 unspecified atom stereocenters. The highest BCUT2D eigenvalue weighted by molar-refractivity contribution is 6.35. The van der Waals surface area contributed by atoms with Crippen LogP contribution in [0.2, 0.25) is 10.3 Å². The molecule has 0 aromatic carbocycles. The molecule has 4 nitrogen and oxygen atoms in total. The maximum atomic E-state index is 11.8. The van der Waals surface area contributed by atoms with Gasteiger partial charge >= 0.3 is 6.61 Å². The molecule has 0 amide bonds. The molecular weight excluding hydrogens is 227 g/mol. The third-order valence-corrected chi connectivity index (χ3v) is 1.52. The number of hydrogen-bond acceptors (Lipinski definition) is 4. The number of rotatable bonds is 2. The van der Waals surface area contributed by atoms with Crippen LogP contribution in [0.1, 0.15) is 0 Å². The fraction of sp³-hybridized carbons (Fsp3) is 0.200. The van der Waals surface area contributed by atoms with Crippen LogP contribution < -0.4 is 10.5 Å². The van der Waals surface area contributed by atoms with Crippen LogP contribution in [0.15, 0.2) is 0 Å². The summed E-state index contributed by atoms with van der Waals surface area (Å²) in [5.41, 5.74) is 5.12. The summed E-state index contributed by atoms with van der Waals surface area (Å²) in [6, 6.07) is 0. The normalized spacial score (nSPS) is 10.5. The number of alkyl halides is 2. The summed E-state index contributed by atoms with van der Waals surface area (Å²) >= 11 is 10.8. The Balaban J connectivity index is 3.06. The van der Waals surface area contributed by atoms with Crippen LogP contribution in [0.5, 0.6) is 5.75 Å². The third kappa shape index (κ3) is 2.53. The average Bonchev–Trinajstić information content (AvgIpc) is 1.96. The molecular formula is C5H3Cl2F2N3O. The molecule has 0 atom stereocenters. The Bertz CT molecular complexity index is 300. The Kier molecular flexibility index (Phi) is 3.05. The van der Waals surface area contributed by atoms with Gasteiger partial charge in [0.25, 0.3) is 0 Å². The largest absolute Gasteiger partial charge is 0.428 e. The number of nitrogens with two attached hydrogens (primary N) is 1. The minimum atomic E-state index is -3.04. The van der Waals surface area contributed by atoms with E-state index < -0.39 is 12.4 Å². The van der Waals surface area contributed by atoms with Gasteiger partial charge in [-0.05, 0) is 0 Å². The van der Waals surface area contributed by atoms with Gasteiger partial charge in [0.1, 0.15) is 0 Å². The van der Waals surface area contributed by atoms with Gasteiger partial charge in [-0.25, -0.2) is 0 Å². The van der Waals surface area contributed by atoms with Gasteiger partial charge < -0.3 is 10.5 Å². The van der Waals surface area contributed by atoms with Gasteiger partial charge in [0.15, 0.2) is 10.3 Å². The standard InChI is InChI=1S/C5H3Cl2F2N3O/c6-2-1(13-4(8)9)3(7)12-5(10)11-2/h4H,(H2,10,11,12). The molecule has 1 aromatic heterocycles. The van der Waals surface area contributed by atoms with Crippen molar-refractivity contribution in [3.63, 3.8) is 0 Å². The molecule has 0 fully saturated rings. The zero-order valence-corrected chi connectivity index (χ0v) is 7.48. The molecule has 8 heteroatoms. The second kappa shape index (κ2) is 3.89. The van der Waals surface area contributed by atoms with Crippen molar-refractivity contribution < 1.29 is 13.5 Å². The van der Waals surface area contributed by atoms with E-state index in [0.29, 0.717) is 0 Å². The molecule has 0 aliphatic rings. The predicted octanol–water partition coefficient (Wildman–Crippen LogP) is 1.97. The van der Waals surface area contributed by atoms with E-state index in [0.717, 1.165) is 0 Å². The summed E-state index contributed by atoms with van der Waals surface area (Å²) in [7, 11) is 0.